The Bertz CT molecular complexity index is 1200. The minimum absolute atomic E-state index is 0.0171. The summed E-state index contributed by atoms with van der Waals surface area (Å²) in [6.07, 6.45) is 4.03. The van der Waals surface area contributed by atoms with Gasteiger partial charge in [0, 0.05) is 31.3 Å². The normalized spacial score (nSPS) is 14.5. The minimum atomic E-state index is -1.32. The number of phenolic OH excluding ortho intramolecular Hbond substituents is 1. The molecule has 1 heterocycles. The molecule has 0 radical (unpaired) electrons. The van der Waals surface area contributed by atoms with Crippen LogP contribution in [-0.4, -0.2) is 80.5 Å². The Morgan fingerprint density at radius 3 is 2.24 bits per heavy atom. The third kappa shape index (κ3) is 11.1. The van der Waals surface area contributed by atoms with Gasteiger partial charge in [0.1, 0.15) is 23.9 Å². The number of aromatic amines is 1. The third-order valence-corrected chi connectivity index (χ3v) is 6.69. The lowest BCUT2D eigenvalue weighted by Gasteiger charge is -2.28. The predicted molar refractivity (Wildman–Crippen MR) is 155 cm³/mol. The van der Waals surface area contributed by atoms with Crippen LogP contribution in [0.1, 0.15) is 44.4 Å². The average Bonchev–Trinajstić information content (AvgIpc) is 3.46. The van der Waals surface area contributed by atoms with Gasteiger partial charge < -0.3 is 48.3 Å². The van der Waals surface area contributed by atoms with E-state index in [1.54, 1.807) is 25.3 Å². The zero-order valence-electron chi connectivity index (χ0n) is 23.7. The number of nitrogens with zero attached hydrogens (tertiary/aromatic N) is 2. The Labute approximate surface area is 243 Å². The lowest BCUT2D eigenvalue weighted by molar-refractivity contribution is -0.142. The van der Waals surface area contributed by atoms with E-state index in [4.69, 9.17) is 17.2 Å². The highest BCUT2D eigenvalue weighted by Crippen LogP contribution is 2.13. The number of amides is 3. The monoisotopic (exact) mass is 587 g/mol. The number of phenols is 1. The Morgan fingerprint density at radius 1 is 1.00 bits per heavy atom. The van der Waals surface area contributed by atoms with Gasteiger partial charge in [0.2, 0.25) is 17.7 Å². The highest BCUT2D eigenvalue weighted by atomic mass is 16.4. The van der Waals surface area contributed by atoms with Crippen molar-refractivity contribution in [2.75, 3.05) is 6.54 Å². The van der Waals surface area contributed by atoms with Crippen LogP contribution >= 0.6 is 0 Å². The van der Waals surface area contributed by atoms with Crippen LogP contribution in [0.4, 0.5) is 0 Å². The average molecular weight is 588 g/mol. The van der Waals surface area contributed by atoms with E-state index in [2.05, 4.69) is 30.9 Å². The second-order valence-electron chi connectivity index (χ2n) is 10.0. The van der Waals surface area contributed by atoms with E-state index < -0.39 is 47.9 Å². The number of nitrogens with two attached hydrogens (primary N) is 3. The lowest BCUT2D eigenvalue weighted by atomic mass is 9.96. The molecule has 0 bridgehead atoms. The molecule has 0 spiro atoms. The molecule has 12 N–H and O–H groups in total. The maximum absolute atomic E-state index is 13.4. The molecule has 2 aromatic rings. The molecule has 0 aliphatic rings. The molecule has 15 nitrogen and oxygen atoms in total. The van der Waals surface area contributed by atoms with Gasteiger partial charge in [-0.05, 0) is 36.5 Å². The van der Waals surface area contributed by atoms with Crippen molar-refractivity contribution in [3.63, 3.8) is 0 Å². The van der Waals surface area contributed by atoms with E-state index in [-0.39, 0.29) is 43.4 Å². The first-order chi connectivity index (χ1) is 19.9. The van der Waals surface area contributed by atoms with Crippen molar-refractivity contribution in [2.24, 2.45) is 28.1 Å². The second kappa shape index (κ2) is 16.6. The number of carboxylic acids is 1. The zero-order chi connectivity index (χ0) is 31.2. The molecule has 2 rings (SSSR count). The molecule has 0 fully saturated rings. The van der Waals surface area contributed by atoms with Crippen LogP contribution < -0.4 is 33.2 Å². The first-order valence-corrected chi connectivity index (χ1v) is 13.6. The van der Waals surface area contributed by atoms with Crippen LogP contribution in [0, 0.1) is 5.92 Å². The molecule has 230 valence electrons. The van der Waals surface area contributed by atoms with E-state index in [1.165, 1.54) is 18.5 Å². The van der Waals surface area contributed by atoms with Gasteiger partial charge in [-0.25, -0.2) is 9.78 Å². The largest absolute Gasteiger partial charge is 0.508 e. The maximum Gasteiger partial charge on any atom is 0.326 e. The molecular weight excluding hydrogens is 546 g/mol. The van der Waals surface area contributed by atoms with E-state index in [9.17, 15) is 29.4 Å². The third-order valence-electron chi connectivity index (χ3n) is 6.69. The Morgan fingerprint density at radius 2 is 1.67 bits per heavy atom. The van der Waals surface area contributed by atoms with Gasteiger partial charge in [-0.3, -0.25) is 19.4 Å². The molecule has 0 aliphatic heterocycles. The van der Waals surface area contributed by atoms with Crippen molar-refractivity contribution in [1.29, 1.82) is 0 Å². The van der Waals surface area contributed by atoms with Crippen LogP contribution in [-0.2, 0) is 32.0 Å². The molecule has 42 heavy (non-hydrogen) atoms. The Balaban J connectivity index is 2.18. The smallest absolute Gasteiger partial charge is 0.326 e. The molecule has 0 aliphatic carbocycles. The number of guanidine groups is 1. The standard InChI is InChI=1S/C27H41N9O6/c1-3-15(2)22(36-23(38)19(28)12-17-13-31-14-33-17)25(40)34-20(5-4-10-32-27(29)30)24(39)35-21(26(41)42)11-16-6-8-18(37)9-7-16/h6-9,13-15,19-22,37H,3-5,10-12,28H2,1-2H3,(H,31,33)(H,34,40)(H,35,39)(H,36,38)(H,41,42)(H4,29,30,32). The molecule has 1 aromatic heterocycles. The number of rotatable bonds is 17. The number of nitrogens with one attached hydrogen (secondary N) is 4. The summed E-state index contributed by atoms with van der Waals surface area (Å²) in [5, 5.41) is 27.1. The summed E-state index contributed by atoms with van der Waals surface area (Å²) < 4.78 is 0. The van der Waals surface area contributed by atoms with Gasteiger partial charge in [-0.15, -0.1) is 0 Å². The van der Waals surface area contributed by atoms with Crippen molar-refractivity contribution in [3.05, 3.63) is 48.0 Å². The number of aliphatic carboxylic acids is 1. The molecule has 0 saturated heterocycles. The maximum atomic E-state index is 13.4. The number of benzene rings is 1. The van der Waals surface area contributed by atoms with Crippen LogP contribution in [0.5, 0.6) is 5.75 Å². The van der Waals surface area contributed by atoms with Crippen LogP contribution in [0.25, 0.3) is 0 Å². The SMILES string of the molecule is CCC(C)C(NC(=O)C(N)Cc1cnc[nH]1)C(=O)NC(CCCN=C(N)N)C(=O)NC(Cc1ccc(O)cc1)C(=O)O. The first-order valence-electron chi connectivity index (χ1n) is 13.6. The molecule has 1 aromatic carbocycles. The quantitative estimate of drug-likeness (QED) is 0.0610. The lowest BCUT2D eigenvalue weighted by Crippen LogP contribution is -2.59. The van der Waals surface area contributed by atoms with Crippen LogP contribution in [0.3, 0.4) is 0 Å². The van der Waals surface area contributed by atoms with Crippen molar-refractivity contribution in [1.82, 2.24) is 25.9 Å². The fourth-order valence-corrected chi connectivity index (χ4v) is 4.06. The van der Waals surface area contributed by atoms with Gasteiger partial charge in [0.25, 0.3) is 0 Å². The second-order valence-corrected chi connectivity index (χ2v) is 10.0. The number of carboxylic acid groups (broad SMARTS) is 1. The number of aliphatic imine (C=N–C) groups is 1. The van der Waals surface area contributed by atoms with Gasteiger partial charge in [-0.1, -0.05) is 32.4 Å². The summed E-state index contributed by atoms with van der Waals surface area (Å²) in [5.41, 5.74) is 18.0. The van der Waals surface area contributed by atoms with Gasteiger partial charge in [-0.2, -0.15) is 0 Å². The molecule has 0 saturated carbocycles. The topological polar surface area (TPSA) is 264 Å². The predicted octanol–water partition coefficient (Wildman–Crippen LogP) is -1.13. The molecule has 5 atom stereocenters. The van der Waals surface area contributed by atoms with E-state index in [0.29, 0.717) is 24.1 Å². The fourth-order valence-electron chi connectivity index (χ4n) is 4.06. The van der Waals surface area contributed by atoms with Gasteiger partial charge in [0.15, 0.2) is 5.96 Å². The number of carbonyl (C=O) groups excluding carboxylic acids is 3. The highest BCUT2D eigenvalue weighted by molar-refractivity contribution is 5.94. The first kappa shape index (κ1) is 33.5. The van der Waals surface area contributed by atoms with E-state index >= 15 is 0 Å². The number of aromatic nitrogens is 2. The fraction of sp³-hybridized carbons (Fsp3) is 0.481. The van der Waals surface area contributed by atoms with Crippen LogP contribution in [0.2, 0.25) is 0 Å². The summed E-state index contributed by atoms with van der Waals surface area (Å²) in [6, 6.07) is 1.46. The van der Waals surface area contributed by atoms with Crippen LogP contribution in [0.15, 0.2) is 41.8 Å². The number of hydrogen-bond donors (Lipinski definition) is 9. The number of H-pyrrole nitrogens is 1. The molecule has 15 heteroatoms. The van der Waals surface area contributed by atoms with Crippen molar-refractivity contribution < 1.29 is 29.4 Å². The van der Waals surface area contributed by atoms with Crippen molar-refractivity contribution >= 4 is 29.7 Å². The van der Waals surface area contributed by atoms with E-state index in [1.807, 2.05) is 6.92 Å². The zero-order valence-corrected chi connectivity index (χ0v) is 23.7. The number of aromatic hydroxyl groups is 1. The molecule has 3 amide bonds. The highest BCUT2D eigenvalue weighted by Gasteiger charge is 2.32. The van der Waals surface area contributed by atoms with E-state index in [0.717, 1.165) is 0 Å². The minimum Gasteiger partial charge on any atom is -0.508 e. The summed E-state index contributed by atoms with van der Waals surface area (Å²) >= 11 is 0. The number of hydrogen-bond acceptors (Lipinski definition) is 8. The summed E-state index contributed by atoms with van der Waals surface area (Å²) in [7, 11) is 0. The summed E-state index contributed by atoms with van der Waals surface area (Å²) in [4.78, 5) is 62.2. The molecular formula is C27H41N9O6. The summed E-state index contributed by atoms with van der Waals surface area (Å²) in [6.45, 7) is 3.80. The number of imidazole rings is 1. The Hall–Kier alpha value is -4.66. The van der Waals surface area contributed by atoms with Crippen molar-refractivity contribution in [2.45, 2.75) is 70.1 Å². The summed E-state index contributed by atoms with van der Waals surface area (Å²) in [5.74, 6) is -3.63. The van der Waals surface area contributed by atoms with Gasteiger partial charge in [0.05, 0.1) is 12.4 Å². The molecule has 5 unspecified atom stereocenters. The Kier molecular flexibility index (Phi) is 13.2. The van der Waals surface area contributed by atoms with Gasteiger partial charge >= 0.3 is 5.97 Å². The number of carbonyl (C=O) groups is 4. The van der Waals surface area contributed by atoms with Crippen molar-refractivity contribution in [3.8, 4) is 5.75 Å².